The molecule has 18 heavy (non-hydrogen) atoms. The zero-order chi connectivity index (χ0) is 13.0. The number of hydrogen-bond acceptors (Lipinski definition) is 2. The van der Waals surface area contributed by atoms with Crippen molar-refractivity contribution in [3.05, 3.63) is 58.3 Å². The fourth-order valence-corrected chi connectivity index (χ4v) is 2.37. The summed E-state index contributed by atoms with van der Waals surface area (Å²) in [5.41, 5.74) is 3.46. The highest BCUT2D eigenvalue weighted by Crippen LogP contribution is 2.18. The first-order valence-electron chi connectivity index (χ1n) is 6.09. The maximum absolute atomic E-state index is 4.39. The minimum absolute atomic E-state index is 0.383. The summed E-state index contributed by atoms with van der Waals surface area (Å²) in [5, 5.41) is 3.50. The van der Waals surface area contributed by atoms with Gasteiger partial charge in [0.15, 0.2) is 0 Å². The van der Waals surface area contributed by atoms with Crippen LogP contribution >= 0.6 is 15.9 Å². The van der Waals surface area contributed by atoms with Gasteiger partial charge in [-0.25, -0.2) is 4.98 Å². The maximum Gasteiger partial charge on any atom is 0.106 e. The van der Waals surface area contributed by atoms with Crippen molar-refractivity contribution < 1.29 is 0 Å². The first-order chi connectivity index (χ1) is 8.65. The molecule has 1 aromatic carbocycles. The normalized spacial score (nSPS) is 12.2. The van der Waals surface area contributed by atoms with Crippen LogP contribution in [0.2, 0.25) is 0 Å². The summed E-state index contributed by atoms with van der Waals surface area (Å²) in [6, 6.07) is 14.9. The van der Waals surface area contributed by atoms with Crippen LogP contribution in [-0.2, 0) is 6.42 Å². The molecule has 94 valence electrons. The fraction of sp³-hybridized carbons (Fsp3) is 0.267. The predicted molar refractivity (Wildman–Crippen MR) is 79.9 cm³/mol. The lowest BCUT2D eigenvalue weighted by atomic mass is 10.1. The maximum atomic E-state index is 4.39. The van der Waals surface area contributed by atoms with E-state index in [1.807, 2.05) is 19.1 Å². The van der Waals surface area contributed by atoms with Crippen LogP contribution in [0.4, 0.5) is 5.69 Å². The second-order valence-electron chi connectivity index (χ2n) is 4.50. The molecule has 0 radical (unpaired) electrons. The molecule has 1 heterocycles. The van der Waals surface area contributed by atoms with Gasteiger partial charge in [0.1, 0.15) is 4.60 Å². The van der Waals surface area contributed by atoms with Gasteiger partial charge in [0.2, 0.25) is 0 Å². The van der Waals surface area contributed by atoms with Crippen molar-refractivity contribution in [2.45, 2.75) is 26.3 Å². The van der Waals surface area contributed by atoms with E-state index in [1.165, 1.54) is 5.56 Å². The molecule has 1 aromatic heterocycles. The van der Waals surface area contributed by atoms with Gasteiger partial charge in [-0.1, -0.05) is 30.3 Å². The van der Waals surface area contributed by atoms with Crippen LogP contribution in [0.25, 0.3) is 0 Å². The van der Waals surface area contributed by atoms with Gasteiger partial charge in [-0.15, -0.1) is 0 Å². The van der Waals surface area contributed by atoms with E-state index in [-0.39, 0.29) is 0 Å². The van der Waals surface area contributed by atoms with Crippen LogP contribution < -0.4 is 5.32 Å². The molecule has 0 aliphatic carbocycles. The highest BCUT2D eigenvalue weighted by Gasteiger charge is 2.06. The first-order valence-corrected chi connectivity index (χ1v) is 6.88. The summed E-state index contributed by atoms with van der Waals surface area (Å²) in [6.45, 7) is 4.21. The summed E-state index contributed by atoms with van der Waals surface area (Å²) < 4.78 is 0.876. The molecule has 0 saturated carbocycles. The molecule has 0 fully saturated rings. The second-order valence-corrected chi connectivity index (χ2v) is 5.31. The van der Waals surface area contributed by atoms with E-state index in [0.717, 1.165) is 22.4 Å². The number of aromatic nitrogens is 1. The lowest BCUT2D eigenvalue weighted by Gasteiger charge is -2.16. The first kappa shape index (κ1) is 13.1. The molecule has 0 amide bonds. The molecule has 0 spiro atoms. The van der Waals surface area contributed by atoms with Crippen LogP contribution in [0.15, 0.2) is 47.1 Å². The summed E-state index contributed by atoms with van der Waals surface area (Å²) in [4.78, 5) is 4.39. The number of nitrogens with zero attached hydrogens (tertiary/aromatic N) is 1. The molecule has 1 unspecified atom stereocenters. The SMILES string of the molecule is Cc1nc(Br)ccc1NC(C)Cc1ccccc1. The average molecular weight is 305 g/mol. The smallest absolute Gasteiger partial charge is 0.106 e. The Balaban J connectivity index is 2.01. The Labute approximate surface area is 117 Å². The van der Waals surface area contributed by atoms with Crippen LogP contribution in [0.5, 0.6) is 0 Å². The van der Waals surface area contributed by atoms with Gasteiger partial charge >= 0.3 is 0 Å². The minimum Gasteiger partial charge on any atom is -0.381 e. The Morgan fingerprint density at radius 1 is 1.17 bits per heavy atom. The number of rotatable bonds is 4. The predicted octanol–water partition coefficient (Wildman–Crippen LogP) is 4.20. The molecule has 1 N–H and O–H groups in total. The summed E-state index contributed by atoms with van der Waals surface area (Å²) in [6.07, 6.45) is 1.01. The van der Waals surface area contributed by atoms with Crippen molar-refractivity contribution in [3.63, 3.8) is 0 Å². The van der Waals surface area contributed by atoms with Crippen LogP contribution in [-0.4, -0.2) is 11.0 Å². The Bertz CT molecular complexity index is 511. The van der Waals surface area contributed by atoms with E-state index in [4.69, 9.17) is 0 Å². The Morgan fingerprint density at radius 2 is 1.89 bits per heavy atom. The molecule has 0 saturated heterocycles. The van der Waals surface area contributed by atoms with Crippen LogP contribution in [0.1, 0.15) is 18.2 Å². The summed E-state index contributed by atoms with van der Waals surface area (Å²) in [7, 11) is 0. The molecule has 2 nitrogen and oxygen atoms in total. The highest BCUT2D eigenvalue weighted by atomic mass is 79.9. The van der Waals surface area contributed by atoms with Crippen LogP contribution in [0.3, 0.4) is 0 Å². The summed E-state index contributed by atoms with van der Waals surface area (Å²) >= 11 is 3.38. The molecule has 1 atom stereocenters. The van der Waals surface area contributed by atoms with E-state index in [9.17, 15) is 0 Å². The standard InChI is InChI=1S/C15H17BrN2/c1-11(10-13-6-4-3-5-7-13)17-14-8-9-15(16)18-12(14)2/h3-9,11,17H,10H2,1-2H3. The Morgan fingerprint density at radius 3 is 2.56 bits per heavy atom. The van der Waals surface area contributed by atoms with Gasteiger partial charge in [-0.2, -0.15) is 0 Å². The lowest BCUT2D eigenvalue weighted by molar-refractivity contribution is 0.787. The van der Waals surface area contributed by atoms with Gasteiger partial charge in [-0.3, -0.25) is 0 Å². The number of nitrogens with one attached hydrogen (secondary N) is 1. The number of halogens is 1. The highest BCUT2D eigenvalue weighted by molar-refractivity contribution is 9.10. The minimum atomic E-state index is 0.383. The van der Waals surface area contributed by atoms with Gasteiger partial charge in [0.05, 0.1) is 11.4 Å². The third kappa shape index (κ3) is 3.57. The van der Waals surface area contributed by atoms with Crippen molar-refractivity contribution in [2.24, 2.45) is 0 Å². The number of pyridine rings is 1. The average Bonchev–Trinajstić information content (AvgIpc) is 2.34. The molecule has 0 aliphatic heterocycles. The molecule has 0 aliphatic rings. The van der Waals surface area contributed by atoms with Gasteiger partial charge in [0, 0.05) is 6.04 Å². The van der Waals surface area contributed by atoms with Crippen molar-refractivity contribution in [1.82, 2.24) is 4.98 Å². The van der Waals surface area contributed by atoms with E-state index in [1.54, 1.807) is 0 Å². The molecule has 3 heteroatoms. The molecule has 2 rings (SSSR count). The summed E-state index contributed by atoms with van der Waals surface area (Å²) in [5.74, 6) is 0. The quantitative estimate of drug-likeness (QED) is 0.857. The number of hydrogen-bond donors (Lipinski definition) is 1. The van der Waals surface area contributed by atoms with E-state index < -0.39 is 0 Å². The second kappa shape index (κ2) is 6.01. The number of anilines is 1. The monoisotopic (exact) mass is 304 g/mol. The van der Waals surface area contributed by atoms with Gasteiger partial charge in [-0.05, 0) is 53.9 Å². The van der Waals surface area contributed by atoms with Crippen LogP contribution in [0, 0.1) is 6.92 Å². The van der Waals surface area contributed by atoms with Gasteiger partial charge < -0.3 is 5.32 Å². The van der Waals surface area contributed by atoms with Gasteiger partial charge in [0.25, 0.3) is 0 Å². The van der Waals surface area contributed by atoms with Crippen molar-refractivity contribution in [3.8, 4) is 0 Å². The van der Waals surface area contributed by atoms with Crippen molar-refractivity contribution in [2.75, 3.05) is 5.32 Å². The topological polar surface area (TPSA) is 24.9 Å². The Hall–Kier alpha value is -1.35. The lowest BCUT2D eigenvalue weighted by Crippen LogP contribution is -2.18. The van der Waals surface area contributed by atoms with E-state index in [2.05, 4.69) is 63.5 Å². The molecular formula is C15H17BrN2. The largest absolute Gasteiger partial charge is 0.381 e. The molecule has 0 bridgehead atoms. The number of benzene rings is 1. The third-order valence-electron chi connectivity index (χ3n) is 2.84. The zero-order valence-electron chi connectivity index (χ0n) is 10.7. The fourth-order valence-electron chi connectivity index (χ4n) is 1.97. The molecule has 2 aromatic rings. The number of aryl methyl sites for hydroxylation is 1. The molecular weight excluding hydrogens is 288 g/mol. The Kier molecular flexibility index (Phi) is 4.37. The van der Waals surface area contributed by atoms with E-state index in [0.29, 0.717) is 6.04 Å². The van der Waals surface area contributed by atoms with E-state index >= 15 is 0 Å². The zero-order valence-corrected chi connectivity index (χ0v) is 12.2. The third-order valence-corrected chi connectivity index (χ3v) is 3.28. The van der Waals surface area contributed by atoms with Crippen molar-refractivity contribution in [1.29, 1.82) is 0 Å². The van der Waals surface area contributed by atoms with Crippen molar-refractivity contribution >= 4 is 21.6 Å².